The maximum absolute atomic E-state index is 14.1. The maximum Gasteiger partial charge on any atom is 0.228 e. The van der Waals surface area contributed by atoms with Gasteiger partial charge in [-0.3, -0.25) is 4.79 Å². The molecule has 4 rings (SSSR count). The average molecular weight is 402 g/mol. The van der Waals surface area contributed by atoms with Crippen LogP contribution in [-0.2, 0) is 11.2 Å². The van der Waals surface area contributed by atoms with E-state index in [1.807, 2.05) is 60.8 Å². The first kappa shape index (κ1) is 19.0. The van der Waals surface area contributed by atoms with Crippen molar-refractivity contribution in [3.05, 3.63) is 95.1 Å². The molecule has 1 N–H and O–H groups in total. The molecule has 0 spiro atoms. The molecule has 0 saturated heterocycles. The van der Waals surface area contributed by atoms with Gasteiger partial charge in [-0.2, -0.15) is 0 Å². The van der Waals surface area contributed by atoms with Crippen LogP contribution in [0, 0.1) is 12.7 Å². The molecule has 1 aromatic heterocycles. The first-order valence-electron chi connectivity index (χ1n) is 9.26. The Morgan fingerprint density at radius 3 is 2.45 bits per heavy atom. The first-order valence-corrected chi connectivity index (χ1v) is 10.1. The van der Waals surface area contributed by atoms with Crippen molar-refractivity contribution in [2.75, 3.05) is 5.32 Å². The normalized spacial score (nSPS) is 10.7. The molecular weight excluding hydrogens is 383 g/mol. The fourth-order valence-corrected chi connectivity index (χ4v) is 3.99. The third-order valence-corrected chi connectivity index (χ3v) is 5.57. The minimum Gasteiger partial charge on any atom is -0.325 e. The van der Waals surface area contributed by atoms with Gasteiger partial charge in [0.25, 0.3) is 0 Å². The van der Waals surface area contributed by atoms with Crippen LogP contribution >= 0.6 is 11.3 Å². The number of nitrogens with one attached hydrogen (secondary N) is 1. The van der Waals surface area contributed by atoms with Crippen LogP contribution in [0.15, 0.2) is 78.2 Å². The van der Waals surface area contributed by atoms with E-state index in [1.165, 1.54) is 17.4 Å². The van der Waals surface area contributed by atoms with E-state index < -0.39 is 0 Å². The van der Waals surface area contributed by atoms with Gasteiger partial charge in [0.1, 0.15) is 10.8 Å². The summed E-state index contributed by atoms with van der Waals surface area (Å²) in [5.74, 6) is -0.385. The molecule has 0 atom stereocenters. The van der Waals surface area contributed by atoms with E-state index in [1.54, 1.807) is 18.2 Å². The molecule has 0 aliphatic carbocycles. The van der Waals surface area contributed by atoms with Crippen LogP contribution in [0.1, 0.15) is 11.1 Å². The monoisotopic (exact) mass is 402 g/mol. The van der Waals surface area contributed by atoms with Crippen molar-refractivity contribution in [3.63, 3.8) is 0 Å². The van der Waals surface area contributed by atoms with Gasteiger partial charge >= 0.3 is 0 Å². The van der Waals surface area contributed by atoms with Crippen LogP contribution < -0.4 is 5.32 Å². The Morgan fingerprint density at radius 2 is 1.66 bits per heavy atom. The van der Waals surface area contributed by atoms with E-state index in [0.29, 0.717) is 28.4 Å². The lowest BCUT2D eigenvalue weighted by molar-refractivity contribution is -0.115. The van der Waals surface area contributed by atoms with E-state index in [0.717, 1.165) is 16.7 Å². The Balaban J connectivity index is 1.59. The largest absolute Gasteiger partial charge is 0.325 e. The van der Waals surface area contributed by atoms with Crippen LogP contribution in [0.3, 0.4) is 0 Å². The molecule has 0 bridgehead atoms. The van der Waals surface area contributed by atoms with Crippen LogP contribution in [0.25, 0.3) is 21.8 Å². The Bertz CT molecular complexity index is 1170. The minimum atomic E-state index is -0.298. The third-order valence-electron chi connectivity index (χ3n) is 4.70. The molecule has 1 heterocycles. The molecule has 0 aliphatic heterocycles. The van der Waals surface area contributed by atoms with Crippen LogP contribution in [0.4, 0.5) is 10.1 Å². The maximum atomic E-state index is 14.1. The van der Waals surface area contributed by atoms with Gasteiger partial charge in [0, 0.05) is 16.5 Å². The number of aromatic nitrogens is 1. The van der Waals surface area contributed by atoms with E-state index in [2.05, 4.69) is 10.3 Å². The average Bonchev–Trinajstić information content (AvgIpc) is 3.20. The van der Waals surface area contributed by atoms with Gasteiger partial charge in [-0.1, -0.05) is 54.6 Å². The number of halogens is 1. The third kappa shape index (κ3) is 4.25. The van der Waals surface area contributed by atoms with Gasteiger partial charge < -0.3 is 5.32 Å². The highest BCUT2D eigenvalue weighted by molar-refractivity contribution is 7.13. The molecule has 3 aromatic carbocycles. The number of thiazole rings is 1. The van der Waals surface area contributed by atoms with Crippen LogP contribution in [0.5, 0.6) is 0 Å². The van der Waals surface area contributed by atoms with Gasteiger partial charge in [-0.05, 0) is 36.2 Å². The molecule has 0 radical (unpaired) electrons. The molecular formula is C24H19FN2OS. The van der Waals surface area contributed by atoms with Gasteiger partial charge in [0.2, 0.25) is 5.91 Å². The van der Waals surface area contributed by atoms with E-state index in [9.17, 15) is 9.18 Å². The van der Waals surface area contributed by atoms with Gasteiger partial charge in [0.15, 0.2) is 0 Å². The molecule has 5 heteroatoms. The fourth-order valence-electron chi connectivity index (χ4n) is 3.15. The van der Waals surface area contributed by atoms with Gasteiger partial charge in [-0.15, -0.1) is 11.3 Å². The van der Waals surface area contributed by atoms with Gasteiger partial charge in [0.05, 0.1) is 17.8 Å². The highest BCUT2D eigenvalue weighted by Gasteiger charge is 2.14. The summed E-state index contributed by atoms with van der Waals surface area (Å²) in [4.78, 5) is 17.2. The quantitative estimate of drug-likeness (QED) is 0.438. The summed E-state index contributed by atoms with van der Waals surface area (Å²) in [7, 11) is 0. The number of hydrogen-bond acceptors (Lipinski definition) is 3. The van der Waals surface area contributed by atoms with Crippen molar-refractivity contribution in [2.24, 2.45) is 0 Å². The summed E-state index contributed by atoms with van der Waals surface area (Å²) >= 11 is 1.38. The number of anilines is 1. The summed E-state index contributed by atoms with van der Waals surface area (Å²) in [6, 6.07) is 22.0. The predicted molar refractivity (Wildman–Crippen MR) is 116 cm³/mol. The van der Waals surface area contributed by atoms with E-state index in [-0.39, 0.29) is 11.7 Å². The van der Waals surface area contributed by atoms with Crippen molar-refractivity contribution in [1.29, 1.82) is 0 Å². The van der Waals surface area contributed by atoms with Crippen molar-refractivity contribution in [2.45, 2.75) is 13.3 Å². The molecule has 0 unspecified atom stereocenters. The number of para-hydroxylation sites is 1. The highest BCUT2D eigenvalue weighted by Crippen LogP contribution is 2.33. The molecule has 29 heavy (non-hydrogen) atoms. The number of hydrogen-bond donors (Lipinski definition) is 1. The van der Waals surface area contributed by atoms with Crippen LogP contribution in [0.2, 0.25) is 0 Å². The second-order valence-electron chi connectivity index (χ2n) is 6.71. The molecule has 0 fully saturated rings. The SMILES string of the molecule is Cc1ccccc1CC(=O)Nc1ccccc1-c1csc(-c2ccccc2F)n1. The zero-order valence-corrected chi connectivity index (χ0v) is 16.7. The zero-order valence-electron chi connectivity index (χ0n) is 15.9. The highest BCUT2D eigenvalue weighted by atomic mass is 32.1. The number of nitrogens with zero attached hydrogens (tertiary/aromatic N) is 1. The number of carbonyl (C=O) groups excluding carboxylic acids is 1. The summed E-state index contributed by atoms with van der Waals surface area (Å²) < 4.78 is 14.1. The number of benzene rings is 3. The lowest BCUT2D eigenvalue weighted by Crippen LogP contribution is -2.15. The summed E-state index contributed by atoms with van der Waals surface area (Å²) in [6.07, 6.45) is 0.304. The Morgan fingerprint density at radius 1 is 0.966 bits per heavy atom. The van der Waals surface area contributed by atoms with Gasteiger partial charge in [-0.25, -0.2) is 9.37 Å². The van der Waals surface area contributed by atoms with Crippen molar-refractivity contribution in [1.82, 2.24) is 4.98 Å². The Hall–Kier alpha value is -3.31. The topological polar surface area (TPSA) is 42.0 Å². The first-order chi connectivity index (χ1) is 14.1. The second kappa shape index (κ2) is 8.37. The minimum absolute atomic E-state index is 0.0868. The number of rotatable bonds is 5. The lowest BCUT2D eigenvalue weighted by atomic mass is 10.1. The fraction of sp³-hybridized carbons (Fsp3) is 0.0833. The lowest BCUT2D eigenvalue weighted by Gasteiger charge is -2.10. The van der Waals surface area contributed by atoms with Crippen molar-refractivity contribution >= 4 is 22.9 Å². The summed E-state index contributed by atoms with van der Waals surface area (Å²) in [6.45, 7) is 2.00. The second-order valence-corrected chi connectivity index (χ2v) is 7.57. The van der Waals surface area contributed by atoms with E-state index >= 15 is 0 Å². The predicted octanol–water partition coefficient (Wildman–Crippen LogP) is 6.11. The molecule has 4 aromatic rings. The Labute approximate surface area is 172 Å². The molecule has 1 amide bonds. The smallest absolute Gasteiger partial charge is 0.228 e. The van der Waals surface area contributed by atoms with E-state index in [4.69, 9.17) is 0 Å². The van der Waals surface area contributed by atoms with Crippen molar-refractivity contribution in [3.8, 4) is 21.8 Å². The Kier molecular flexibility index (Phi) is 5.49. The number of amides is 1. The van der Waals surface area contributed by atoms with Crippen molar-refractivity contribution < 1.29 is 9.18 Å². The number of aryl methyl sites for hydroxylation is 1. The molecule has 0 aliphatic rings. The number of carbonyl (C=O) groups is 1. The van der Waals surface area contributed by atoms with Crippen LogP contribution in [-0.4, -0.2) is 10.9 Å². The molecule has 3 nitrogen and oxygen atoms in total. The zero-order chi connectivity index (χ0) is 20.2. The summed E-state index contributed by atoms with van der Waals surface area (Å²) in [5, 5.41) is 5.49. The molecule has 0 saturated carbocycles. The summed E-state index contributed by atoms with van der Waals surface area (Å²) in [5.41, 5.74) is 4.77. The molecule has 144 valence electrons. The standard InChI is InChI=1S/C24H19FN2OS/c1-16-8-2-3-9-17(16)14-23(28)26-21-13-7-5-11-19(21)22-15-29-24(27-22)18-10-4-6-12-20(18)25/h2-13,15H,14H2,1H3,(H,26,28).